The van der Waals surface area contributed by atoms with E-state index in [1.165, 1.54) is 5.56 Å². The van der Waals surface area contributed by atoms with Gasteiger partial charge < -0.3 is 5.11 Å². The minimum absolute atomic E-state index is 0.199. The standard InChI is InChI=1S/C17H29NO/c1-6-14-11-10-12-15(13-14)16(19)17(5,7-2)18(8-3)9-4/h10-13,16,19H,6-9H2,1-5H3. The van der Waals surface area contributed by atoms with Crippen LogP contribution >= 0.6 is 0 Å². The monoisotopic (exact) mass is 263 g/mol. The van der Waals surface area contributed by atoms with E-state index >= 15 is 0 Å². The van der Waals surface area contributed by atoms with Crippen LogP contribution < -0.4 is 0 Å². The molecule has 19 heavy (non-hydrogen) atoms. The van der Waals surface area contributed by atoms with Crippen molar-refractivity contribution in [2.24, 2.45) is 0 Å². The van der Waals surface area contributed by atoms with E-state index < -0.39 is 6.10 Å². The van der Waals surface area contributed by atoms with Crippen molar-refractivity contribution in [1.29, 1.82) is 0 Å². The number of benzene rings is 1. The predicted octanol–water partition coefficient (Wildman–Crippen LogP) is 3.79. The van der Waals surface area contributed by atoms with Crippen molar-refractivity contribution in [3.63, 3.8) is 0 Å². The molecule has 0 radical (unpaired) electrons. The van der Waals surface area contributed by atoms with Crippen molar-refractivity contribution in [1.82, 2.24) is 4.90 Å². The fourth-order valence-electron chi connectivity index (χ4n) is 2.88. The molecular formula is C17H29NO. The number of aliphatic hydroxyl groups excluding tert-OH is 1. The van der Waals surface area contributed by atoms with E-state index in [1.54, 1.807) is 0 Å². The number of aliphatic hydroxyl groups is 1. The molecule has 2 nitrogen and oxygen atoms in total. The van der Waals surface area contributed by atoms with Crippen molar-refractivity contribution < 1.29 is 5.11 Å². The molecule has 0 aromatic heterocycles. The van der Waals surface area contributed by atoms with Crippen LogP contribution in [0.3, 0.4) is 0 Å². The lowest BCUT2D eigenvalue weighted by Gasteiger charge is -2.43. The molecule has 1 aromatic carbocycles. The highest BCUT2D eigenvalue weighted by molar-refractivity contribution is 5.27. The van der Waals surface area contributed by atoms with Crippen LogP contribution in [0.5, 0.6) is 0 Å². The molecular weight excluding hydrogens is 234 g/mol. The number of hydrogen-bond acceptors (Lipinski definition) is 2. The normalized spacial score (nSPS) is 16.4. The molecule has 2 heteroatoms. The minimum Gasteiger partial charge on any atom is -0.386 e. The van der Waals surface area contributed by atoms with Gasteiger partial charge in [-0.1, -0.05) is 52.0 Å². The maximum Gasteiger partial charge on any atom is 0.0970 e. The zero-order valence-corrected chi connectivity index (χ0v) is 13.1. The van der Waals surface area contributed by atoms with Crippen molar-refractivity contribution in [2.75, 3.05) is 13.1 Å². The van der Waals surface area contributed by atoms with Gasteiger partial charge in [-0.15, -0.1) is 0 Å². The smallest absolute Gasteiger partial charge is 0.0970 e. The molecule has 0 spiro atoms. The molecule has 0 aliphatic heterocycles. The van der Waals surface area contributed by atoms with Gasteiger partial charge in [-0.05, 0) is 44.0 Å². The van der Waals surface area contributed by atoms with Gasteiger partial charge in [0.25, 0.3) is 0 Å². The summed E-state index contributed by atoms with van der Waals surface area (Å²) in [5.41, 5.74) is 2.13. The van der Waals surface area contributed by atoms with E-state index in [-0.39, 0.29) is 5.54 Å². The molecule has 1 aromatic rings. The maximum atomic E-state index is 10.9. The first-order valence-corrected chi connectivity index (χ1v) is 7.55. The van der Waals surface area contributed by atoms with E-state index in [4.69, 9.17) is 0 Å². The predicted molar refractivity (Wildman–Crippen MR) is 82.4 cm³/mol. The Morgan fingerprint density at radius 2 is 1.79 bits per heavy atom. The van der Waals surface area contributed by atoms with Crippen molar-refractivity contribution >= 4 is 0 Å². The van der Waals surface area contributed by atoms with E-state index in [0.29, 0.717) is 0 Å². The summed E-state index contributed by atoms with van der Waals surface area (Å²) in [5.74, 6) is 0. The van der Waals surface area contributed by atoms with Crippen molar-refractivity contribution in [2.45, 2.75) is 59.1 Å². The van der Waals surface area contributed by atoms with Crippen LogP contribution in [0.1, 0.15) is 58.3 Å². The van der Waals surface area contributed by atoms with Gasteiger partial charge in [0.2, 0.25) is 0 Å². The summed E-state index contributed by atoms with van der Waals surface area (Å²) in [6, 6.07) is 8.36. The van der Waals surface area contributed by atoms with Crippen LogP contribution in [0, 0.1) is 0 Å². The summed E-state index contributed by atoms with van der Waals surface area (Å²) in [5, 5.41) is 10.9. The van der Waals surface area contributed by atoms with Gasteiger partial charge in [-0.3, -0.25) is 4.90 Å². The maximum absolute atomic E-state index is 10.9. The van der Waals surface area contributed by atoms with Gasteiger partial charge in [0.05, 0.1) is 6.10 Å². The van der Waals surface area contributed by atoms with Crippen LogP contribution in [0.25, 0.3) is 0 Å². The lowest BCUT2D eigenvalue weighted by molar-refractivity contribution is -0.0214. The highest BCUT2D eigenvalue weighted by Gasteiger charge is 2.36. The lowest BCUT2D eigenvalue weighted by Crippen LogP contribution is -2.50. The highest BCUT2D eigenvalue weighted by Crippen LogP contribution is 2.34. The summed E-state index contributed by atoms with van der Waals surface area (Å²) in [7, 11) is 0. The largest absolute Gasteiger partial charge is 0.386 e. The van der Waals surface area contributed by atoms with Gasteiger partial charge in [0.1, 0.15) is 0 Å². The second-order valence-corrected chi connectivity index (χ2v) is 5.38. The zero-order chi connectivity index (χ0) is 14.5. The number of likely N-dealkylation sites (N-methyl/N-ethyl adjacent to an activating group) is 1. The molecule has 0 aliphatic carbocycles. The molecule has 1 N–H and O–H groups in total. The van der Waals surface area contributed by atoms with E-state index in [9.17, 15) is 5.11 Å². The first-order chi connectivity index (χ1) is 9.03. The number of nitrogens with zero attached hydrogens (tertiary/aromatic N) is 1. The Balaban J connectivity index is 3.09. The Kier molecular flexibility index (Phi) is 6.02. The Bertz CT molecular complexity index is 387. The molecule has 1 rings (SSSR count). The Hall–Kier alpha value is -0.860. The summed E-state index contributed by atoms with van der Waals surface area (Å²) < 4.78 is 0. The van der Waals surface area contributed by atoms with Crippen molar-refractivity contribution in [3.05, 3.63) is 35.4 Å². The van der Waals surface area contributed by atoms with E-state index in [0.717, 1.165) is 31.5 Å². The number of hydrogen-bond donors (Lipinski definition) is 1. The average Bonchev–Trinajstić information content (AvgIpc) is 2.47. The third-order valence-electron chi connectivity index (χ3n) is 4.47. The highest BCUT2D eigenvalue weighted by atomic mass is 16.3. The molecule has 0 fully saturated rings. The first kappa shape index (κ1) is 16.2. The molecule has 2 atom stereocenters. The number of aryl methyl sites for hydroxylation is 1. The van der Waals surface area contributed by atoms with Gasteiger partial charge >= 0.3 is 0 Å². The fourth-order valence-corrected chi connectivity index (χ4v) is 2.88. The van der Waals surface area contributed by atoms with Gasteiger partial charge in [-0.2, -0.15) is 0 Å². The summed E-state index contributed by atoms with van der Waals surface area (Å²) in [6.07, 6.45) is 1.50. The van der Waals surface area contributed by atoms with Gasteiger partial charge in [0, 0.05) is 5.54 Å². The molecule has 0 aliphatic rings. The van der Waals surface area contributed by atoms with Crippen LogP contribution in [-0.4, -0.2) is 28.6 Å². The molecule has 0 saturated carbocycles. The topological polar surface area (TPSA) is 23.5 Å². The third kappa shape index (κ3) is 3.37. The molecule has 2 unspecified atom stereocenters. The Labute approximate surface area is 118 Å². The van der Waals surface area contributed by atoms with Crippen LogP contribution in [0.2, 0.25) is 0 Å². The quantitative estimate of drug-likeness (QED) is 0.809. The fraction of sp³-hybridized carbons (Fsp3) is 0.647. The third-order valence-corrected chi connectivity index (χ3v) is 4.47. The second-order valence-electron chi connectivity index (χ2n) is 5.38. The number of rotatable bonds is 7. The van der Waals surface area contributed by atoms with Gasteiger partial charge in [-0.25, -0.2) is 0 Å². The summed E-state index contributed by atoms with van der Waals surface area (Å²) in [6.45, 7) is 12.7. The van der Waals surface area contributed by atoms with Crippen LogP contribution in [-0.2, 0) is 6.42 Å². The summed E-state index contributed by atoms with van der Waals surface area (Å²) in [4.78, 5) is 2.36. The average molecular weight is 263 g/mol. The molecule has 0 heterocycles. The Morgan fingerprint density at radius 1 is 1.16 bits per heavy atom. The Morgan fingerprint density at radius 3 is 2.26 bits per heavy atom. The SMILES string of the molecule is CCc1cccc(C(O)C(C)(CC)N(CC)CC)c1. The van der Waals surface area contributed by atoms with E-state index in [1.807, 2.05) is 6.07 Å². The van der Waals surface area contributed by atoms with Crippen LogP contribution in [0.15, 0.2) is 24.3 Å². The minimum atomic E-state index is -0.441. The molecule has 0 bridgehead atoms. The van der Waals surface area contributed by atoms with Gasteiger partial charge in [0.15, 0.2) is 0 Å². The molecule has 108 valence electrons. The van der Waals surface area contributed by atoms with Crippen LogP contribution in [0.4, 0.5) is 0 Å². The molecule has 0 amide bonds. The first-order valence-electron chi connectivity index (χ1n) is 7.55. The lowest BCUT2D eigenvalue weighted by atomic mass is 9.84. The van der Waals surface area contributed by atoms with Crippen molar-refractivity contribution in [3.8, 4) is 0 Å². The molecule has 0 saturated heterocycles. The second kappa shape index (κ2) is 7.06. The van der Waals surface area contributed by atoms with E-state index in [2.05, 4.69) is 57.7 Å². The summed E-state index contributed by atoms with van der Waals surface area (Å²) >= 11 is 0. The zero-order valence-electron chi connectivity index (χ0n) is 13.1.